The minimum Gasteiger partial charge on any atom is -0.497 e. The van der Waals surface area contributed by atoms with Crippen LogP contribution in [0, 0.1) is 5.92 Å². The van der Waals surface area contributed by atoms with Crippen LogP contribution in [0.3, 0.4) is 0 Å². The van der Waals surface area contributed by atoms with Crippen molar-refractivity contribution in [1.29, 1.82) is 0 Å². The molecule has 1 N–H and O–H groups in total. The largest absolute Gasteiger partial charge is 0.497 e. The summed E-state index contributed by atoms with van der Waals surface area (Å²) in [6, 6.07) is 5.27. The molecule has 21 heavy (non-hydrogen) atoms. The zero-order valence-electron chi connectivity index (χ0n) is 11.9. The van der Waals surface area contributed by atoms with Gasteiger partial charge >= 0.3 is 0 Å². The van der Waals surface area contributed by atoms with E-state index in [4.69, 9.17) is 9.47 Å². The quantitative estimate of drug-likeness (QED) is 0.928. The summed E-state index contributed by atoms with van der Waals surface area (Å²) in [7, 11) is 1.57. The molecule has 2 unspecified atom stereocenters. The maximum atomic E-state index is 12.5. The van der Waals surface area contributed by atoms with Crippen LogP contribution in [-0.4, -0.2) is 24.6 Å². The number of aliphatic hydroxyl groups is 1. The van der Waals surface area contributed by atoms with Gasteiger partial charge in [-0.05, 0) is 31.0 Å². The molecule has 0 fully saturated rings. The van der Waals surface area contributed by atoms with Crippen LogP contribution >= 0.6 is 0 Å². The minimum absolute atomic E-state index is 0.0630. The first-order chi connectivity index (χ1) is 10.2. The number of ketones is 1. The molecule has 0 amide bonds. The third-order valence-corrected chi connectivity index (χ3v) is 3.95. The first kappa shape index (κ1) is 13.9. The number of benzene rings is 1. The number of allylic oxidation sites excluding steroid dienone is 4. The zero-order chi connectivity index (χ0) is 14.8. The number of methoxy groups -OCH3 is 1. The normalized spacial score (nSPS) is 23.8. The van der Waals surface area contributed by atoms with E-state index < -0.39 is 12.0 Å². The molecule has 0 bridgehead atoms. The van der Waals surface area contributed by atoms with Gasteiger partial charge in [0, 0.05) is 11.1 Å². The van der Waals surface area contributed by atoms with Gasteiger partial charge in [-0.15, -0.1) is 0 Å². The van der Waals surface area contributed by atoms with Gasteiger partial charge in [0.05, 0.1) is 19.1 Å². The second kappa shape index (κ2) is 5.74. The van der Waals surface area contributed by atoms with Crippen molar-refractivity contribution >= 4 is 5.78 Å². The average molecular weight is 286 g/mol. The third-order valence-electron chi connectivity index (χ3n) is 3.95. The summed E-state index contributed by atoms with van der Waals surface area (Å²) in [6.07, 6.45) is 6.70. The molecule has 2 atom stereocenters. The van der Waals surface area contributed by atoms with Crippen LogP contribution in [0.1, 0.15) is 24.5 Å². The fourth-order valence-corrected chi connectivity index (χ4v) is 2.73. The van der Waals surface area contributed by atoms with E-state index in [0.29, 0.717) is 22.6 Å². The van der Waals surface area contributed by atoms with Crippen molar-refractivity contribution in [3.05, 3.63) is 47.6 Å². The lowest BCUT2D eigenvalue weighted by Crippen LogP contribution is -2.33. The van der Waals surface area contributed by atoms with E-state index in [1.54, 1.807) is 25.3 Å². The Balaban J connectivity index is 1.87. The summed E-state index contributed by atoms with van der Waals surface area (Å²) in [5.41, 5.74) is 1.28. The van der Waals surface area contributed by atoms with Crippen molar-refractivity contribution in [2.24, 2.45) is 5.92 Å². The van der Waals surface area contributed by atoms with Crippen molar-refractivity contribution < 1.29 is 19.4 Å². The number of carbonyl (C=O) groups excluding carboxylic acids is 1. The smallest absolute Gasteiger partial charge is 0.171 e. The van der Waals surface area contributed by atoms with Gasteiger partial charge in [0.2, 0.25) is 0 Å². The van der Waals surface area contributed by atoms with Crippen LogP contribution in [0.15, 0.2) is 42.0 Å². The van der Waals surface area contributed by atoms with Crippen LogP contribution in [0.25, 0.3) is 0 Å². The van der Waals surface area contributed by atoms with Crippen LogP contribution in [0.5, 0.6) is 11.5 Å². The molecule has 3 rings (SSSR count). The SMILES string of the molecule is COc1ccc2c(c1)C(O)C(C(=O)C1=CCCC=C1)CO2. The number of carbonyl (C=O) groups is 1. The molecule has 1 aromatic carbocycles. The van der Waals surface area contributed by atoms with Crippen molar-refractivity contribution in [3.8, 4) is 11.5 Å². The number of fused-ring (bicyclic) bond motifs is 1. The molecular formula is C17H18O4. The second-order valence-corrected chi connectivity index (χ2v) is 5.27. The van der Waals surface area contributed by atoms with Crippen molar-refractivity contribution in [2.45, 2.75) is 18.9 Å². The Morgan fingerprint density at radius 2 is 2.24 bits per heavy atom. The number of hydrogen-bond acceptors (Lipinski definition) is 4. The van der Waals surface area contributed by atoms with Gasteiger partial charge < -0.3 is 14.6 Å². The van der Waals surface area contributed by atoms with Gasteiger partial charge in [0.15, 0.2) is 5.78 Å². The van der Waals surface area contributed by atoms with E-state index in [0.717, 1.165) is 12.8 Å². The van der Waals surface area contributed by atoms with Crippen LogP contribution in [0.4, 0.5) is 0 Å². The number of rotatable bonds is 3. The Morgan fingerprint density at radius 3 is 2.95 bits per heavy atom. The molecular weight excluding hydrogens is 268 g/mol. The molecule has 0 aromatic heterocycles. The summed E-state index contributed by atoms with van der Waals surface area (Å²) in [4.78, 5) is 12.5. The molecule has 0 radical (unpaired) electrons. The molecule has 1 aromatic rings. The first-order valence-electron chi connectivity index (χ1n) is 7.10. The topological polar surface area (TPSA) is 55.8 Å². The highest BCUT2D eigenvalue weighted by Crippen LogP contribution is 2.39. The number of hydrogen-bond donors (Lipinski definition) is 1. The third kappa shape index (κ3) is 2.59. The van der Waals surface area contributed by atoms with Crippen molar-refractivity contribution in [2.75, 3.05) is 13.7 Å². The Labute approximate surface area is 123 Å². The highest BCUT2D eigenvalue weighted by Gasteiger charge is 2.35. The fraction of sp³-hybridized carbons (Fsp3) is 0.353. The monoisotopic (exact) mass is 286 g/mol. The Hall–Kier alpha value is -2.07. The molecule has 0 saturated carbocycles. The summed E-state index contributed by atoms with van der Waals surface area (Å²) in [6.45, 7) is 0.199. The van der Waals surface area contributed by atoms with E-state index >= 15 is 0 Å². The van der Waals surface area contributed by atoms with E-state index in [9.17, 15) is 9.90 Å². The lowest BCUT2D eigenvalue weighted by Gasteiger charge is -2.30. The molecule has 4 heteroatoms. The maximum Gasteiger partial charge on any atom is 0.171 e. The predicted molar refractivity (Wildman–Crippen MR) is 78.4 cm³/mol. The van der Waals surface area contributed by atoms with E-state index in [-0.39, 0.29) is 12.4 Å². The lowest BCUT2D eigenvalue weighted by molar-refractivity contribution is -0.124. The lowest BCUT2D eigenvalue weighted by atomic mass is 9.85. The summed E-state index contributed by atoms with van der Waals surface area (Å²) < 4.78 is 10.8. The molecule has 0 spiro atoms. The van der Waals surface area contributed by atoms with Gasteiger partial charge in [-0.1, -0.05) is 18.2 Å². The van der Waals surface area contributed by atoms with Gasteiger partial charge in [-0.25, -0.2) is 0 Å². The molecule has 2 aliphatic rings. The summed E-state index contributed by atoms with van der Waals surface area (Å²) in [5, 5.41) is 10.5. The van der Waals surface area contributed by atoms with Crippen LogP contribution < -0.4 is 9.47 Å². The van der Waals surface area contributed by atoms with Gasteiger partial charge in [0.25, 0.3) is 0 Å². The van der Waals surface area contributed by atoms with Gasteiger partial charge in [0.1, 0.15) is 18.1 Å². The molecule has 110 valence electrons. The number of aliphatic hydroxyl groups excluding tert-OH is 1. The number of ether oxygens (including phenoxy) is 2. The summed E-state index contributed by atoms with van der Waals surface area (Å²) in [5.74, 6) is 0.618. The average Bonchev–Trinajstić information content (AvgIpc) is 2.55. The van der Waals surface area contributed by atoms with E-state index in [1.165, 1.54) is 0 Å². The van der Waals surface area contributed by atoms with Crippen molar-refractivity contribution in [3.63, 3.8) is 0 Å². The number of Topliss-reactive ketones (excluding diaryl/α,β-unsaturated/α-hetero) is 1. The van der Waals surface area contributed by atoms with E-state index in [1.807, 2.05) is 18.2 Å². The second-order valence-electron chi connectivity index (χ2n) is 5.27. The minimum atomic E-state index is -0.868. The highest BCUT2D eigenvalue weighted by molar-refractivity contribution is 6.00. The molecule has 0 saturated heterocycles. The van der Waals surface area contributed by atoms with E-state index in [2.05, 4.69) is 0 Å². The summed E-state index contributed by atoms with van der Waals surface area (Å²) >= 11 is 0. The standard InChI is InChI=1S/C17H18O4/c1-20-12-7-8-15-13(9-12)17(19)14(10-21-15)16(18)11-5-3-2-4-6-11/h3,5-9,14,17,19H,2,4,10H2,1H3. The first-order valence-corrected chi connectivity index (χ1v) is 7.10. The van der Waals surface area contributed by atoms with Crippen LogP contribution in [0.2, 0.25) is 0 Å². The Bertz CT molecular complexity index is 615. The van der Waals surface area contributed by atoms with Crippen LogP contribution in [-0.2, 0) is 4.79 Å². The molecule has 1 heterocycles. The molecule has 1 aliphatic carbocycles. The maximum absolute atomic E-state index is 12.5. The fourth-order valence-electron chi connectivity index (χ4n) is 2.73. The Morgan fingerprint density at radius 1 is 1.38 bits per heavy atom. The zero-order valence-corrected chi connectivity index (χ0v) is 11.9. The molecule has 1 aliphatic heterocycles. The van der Waals surface area contributed by atoms with Crippen molar-refractivity contribution in [1.82, 2.24) is 0 Å². The highest BCUT2D eigenvalue weighted by atomic mass is 16.5. The van der Waals surface area contributed by atoms with Gasteiger partial charge in [-0.3, -0.25) is 4.79 Å². The molecule has 4 nitrogen and oxygen atoms in total. The predicted octanol–water partition coefficient (Wildman–Crippen LogP) is 2.58. The van der Waals surface area contributed by atoms with Gasteiger partial charge in [-0.2, -0.15) is 0 Å². The Kier molecular flexibility index (Phi) is 3.80.